The van der Waals surface area contributed by atoms with Gasteiger partial charge in [0.1, 0.15) is 0 Å². The van der Waals surface area contributed by atoms with Crippen LogP contribution in [0.3, 0.4) is 0 Å². The Morgan fingerprint density at radius 3 is 2.61 bits per heavy atom. The molecule has 0 bridgehead atoms. The van der Waals surface area contributed by atoms with E-state index in [0.717, 1.165) is 13.1 Å². The molecule has 0 radical (unpaired) electrons. The molecule has 5 heteroatoms. The first-order valence-electron chi connectivity index (χ1n) is 6.72. The summed E-state index contributed by atoms with van der Waals surface area (Å²) in [5.74, 6) is 0.647. The molecule has 0 aromatic heterocycles. The number of piperidine rings is 1. The minimum atomic E-state index is 0. The Morgan fingerprint density at radius 1 is 1.39 bits per heavy atom. The molecule has 108 valence electrons. The first-order chi connectivity index (χ1) is 8.02. The molecule has 2 N–H and O–H groups in total. The fourth-order valence-electron chi connectivity index (χ4n) is 2.10. The summed E-state index contributed by atoms with van der Waals surface area (Å²) in [5, 5.41) is 6.35. The summed E-state index contributed by atoms with van der Waals surface area (Å²) < 4.78 is 0. The number of carbonyl (C=O) groups is 1. The maximum absolute atomic E-state index is 11.8. The molecule has 18 heavy (non-hydrogen) atoms. The van der Waals surface area contributed by atoms with Gasteiger partial charge in [0, 0.05) is 18.6 Å². The van der Waals surface area contributed by atoms with Gasteiger partial charge in [0.15, 0.2) is 0 Å². The van der Waals surface area contributed by atoms with E-state index in [0.29, 0.717) is 18.5 Å². The third kappa shape index (κ3) is 6.03. The average Bonchev–Trinajstić information content (AvgIpc) is 2.28. The maximum atomic E-state index is 11.8. The number of likely N-dealkylation sites (N-methyl/N-ethyl adjacent to an activating group) is 1. The van der Waals surface area contributed by atoms with Gasteiger partial charge in [0.25, 0.3) is 0 Å². The van der Waals surface area contributed by atoms with Crippen LogP contribution in [-0.4, -0.2) is 49.6 Å². The second-order valence-electron chi connectivity index (χ2n) is 5.46. The summed E-state index contributed by atoms with van der Waals surface area (Å²) in [6, 6.07) is 0.798. The van der Waals surface area contributed by atoms with Crippen molar-refractivity contribution in [3.8, 4) is 0 Å². The third-order valence-electron chi connectivity index (χ3n) is 3.67. The second-order valence-corrected chi connectivity index (χ2v) is 5.46. The third-order valence-corrected chi connectivity index (χ3v) is 3.67. The second kappa shape index (κ2) is 8.73. The highest BCUT2D eigenvalue weighted by molar-refractivity contribution is 5.85. The summed E-state index contributed by atoms with van der Waals surface area (Å²) in [6.07, 6.45) is 2.40. The topological polar surface area (TPSA) is 44.4 Å². The van der Waals surface area contributed by atoms with E-state index in [1.165, 1.54) is 12.8 Å². The lowest BCUT2D eigenvalue weighted by Gasteiger charge is -2.32. The van der Waals surface area contributed by atoms with Crippen molar-refractivity contribution in [1.82, 2.24) is 15.5 Å². The fraction of sp³-hybridized carbons (Fsp3) is 0.923. The Labute approximate surface area is 117 Å². The highest BCUT2D eigenvalue weighted by Gasteiger charge is 2.21. The number of hydrogen-bond acceptors (Lipinski definition) is 3. The van der Waals surface area contributed by atoms with Gasteiger partial charge in [-0.15, -0.1) is 12.4 Å². The van der Waals surface area contributed by atoms with E-state index in [1.807, 2.05) is 7.05 Å². The van der Waals surface area contributed by atoms with Crippen molar-refractivity contribution in [3.05, 3.63) is 0 Å². The minimum Gasteiger partial charge on any atom is -0.352 e. The molecule has 1 aliphatic heterocycles. The molecule has 0 aliphatic carbocycles. The van der Waals surface area contributed by atoms with E-state index in [2.05, 4.69) is 36.3 Å². The number of halogens is 1. The first kappa shape index (κ1) is 17.7. The number of nitrogens with zero attached hydrogens (tertiary/aromatic N) is 1. The van der Waals surface area contributed by atoms with Gasteiger partial charge in [0.2, 0.25) is 5.91 Å². The van der Waals surface area contributed by atoms with Crippen LogP contribution in [0.5, 0.6) is 0 Å². The van der Waals surface area contributed by atoms with Gasteiger partial charge in [-0.2, -0.15) is 0 Å². The van der Waals surface area contributed by atoms with Crippen molar-refractivity contribution >= 4 is 18.3 Å². The molecule has 1 rings (SSSR count). The van der Waals surface area contributed by atoms with Gasteiger partial charge < -0.3 is 10.6 Å². The molecule has 2 atom stereocenters. The number of nitrogens with one attached hydrogen (secondary N) is 2. The van der Waals surface area contributed by atoms with Crippen LogP contribution in [0.1, 0.15) is 33.6 Å². The predicted octanol–water partition coefficient (Wildman–Crippen LogP) is 1.25. The van der Waals surface area contributed by atoms with Gasteiger partial charge >= 0.3 is 0 Å². The highest BCUT2D eigenvalue weighted by atomic mass is 35.5. The smallest absolute Gasteiger partial charge is 0.234 e. The van der Waals surface area contributed by atoms with Crippen LogP contribution in [-0.2, 0) is 4.79 Å². The Kier molecular flexibility index (Phi) is 8.57. The molecular formula is C13H28ClN3O. The number of likely N-dealkylation sites (tertiary alicyclic amines) is 1. The lowest BCUT2D eigenvalue weighted by atomic mass is 10.1. The largest absolute Gasteiger partial charge is 0.352 e. The zero-order chi connectivity index (χ0) is 12.8. The van der Waals surface area contributed by atoms with Crippen LogP contribution in [0.2, 0.25) is 0 Å². The zero-order valence-electron chi connectivity index (χ0n) is 12.0. The molecule has 4 nitrogen and oxygen atoms in total. The summed E-state index contributed by atoms with van der Waals surface area (Å²) in [7, 11) is 2.00. The van der Waals surface area contributed by atoms with Crippen LogP contribution in [0, 0.1) is 5.92 Å². The Morgan fingerprint density at radius 2 is 2.06 bits per heavy atom. The van der Waals surface area contributed by atoms with Crippen molar-refractivity contribution in [1.29, 1.82) is 0 Å². The van der Waals surface area contributed by atoms with E-state index in [9.17, 15) is 4.79 Å². The van der Waals surface area contributed by atoms with E-state index in [1.54, 1.807) is 0 Å². The number of amides is 1. The first-order valence-corrected chi connectivity index (χ1v) is 6.72. The average molecular weight is 278 g/mol. The SMILES string of the molecule is CNC1CCCN(CC(=O)NC(C)C(C)C)C1.Cl. The van der Waals surface area contributed by atoms with Crippen molar-refractivity contribution in [3.63, 3.8) is 0 Å². The van der Waals surface area contributed by atoms with E-state index in [-0.39, 0.29) is 24.4 Å². The summed E-state index contributed by atoms with van der Waals surface area (Å²) in [5.41, 5.74) is 0. The van der Waals surface area contributed by atoms with Crippen molar-refractivity contribution < 1.29 is 4.79 Å². The van der Waals surface area contributed by atoms with Crippen LogP contribution < -0.4 is 10.6 Å². The predicted molar refractivity (Wildman–Crippen MR) is 78.2 cm³/mol. The molecule has 0 spiro atoms. The van der Waals surface area contributed by atoms with E-state index in [4.69, 9.17) is 0 Å². The number of carbonyl (C=O) groups excluding carboxylic acids is 1. The summed E-state index contributed by atoms with van der Waals surface area (Å²) in [4.78, 5) is 14.1. The molecule has 0 saturated carbocycles. The molecule has 1 saturated heterocycles. The van der Waals surface area contributed by atoms with Crippen LogP contribution >= 0.6 is 12.4 Å². The summed E-state index contributed by atoms with van der Waals surface area (Å²) in [6.45, 7) is 8.89. The van der Waals surface area contributed by atoms with Crippen LogP contribution in [0.25, 0.3) is 0 Å². The van der Waals surface area contributed by atoms with Crippen molar-refractivity contribution in [2.45, 2.75) is 45.7 Å². The monoisotopic (exact) mass is 277 g/mol. The number of rotatable bonds is 5. The standard InChI is InChI=1S/C13H27N3O.ClH/c1-10(2)11(3)15-13(17)9-16-7-5-6-12(8-16)14-4;/h10-12,14H,5-9H2,1-4H3,(H,15,17);1H. The Hall–Kier alpha value is -0.320. The van der Waals surface area contributed by atoms with Crippen molar-refractivity contribution in [2.75, 3.05) is 26.7 Å². The molecular weight excluding hydrogens is 250 g/mol. The molecule has 0 aromatic carbocycles. The van der Waals surface area contributed by atoms with E-state index < -0.39 is 0 Å². The lowest BCUT2D eigenvalue weighted by molar-refractivity contribution is -0.123. The fourth-order valence-corrected chi connectivity index (χ4v) is 2.10. The molecule has 0 aromatic rings. The van der Waals surface area contributed by atoms with Crippen LogP contribution in [0.4, 0.5) is 0 Å². The van der Waals surface area contributed by atoms with E-state index >= 15 is 0 Å². The quantitative estimate of drug-likeness (QED) is 0.795. The molecule has 1 amide bonds. The van der Waals surface area contributed by atoms with Gasteiger partial charge in [-0.05, 0) is 39.3 Å². The van der Waals surface area contributed by atoms with Crippen LogP contribution in [0.15, 0.2) is 0 Å². The molecule has 2 unspecified atom stereocenters. The lowest BCUT2D eigenvalue weighted by Crippen LogP contribution is -2.49. The zero-order valence-corrected chi connectivity index (χ0v) is 12.8. The van der Waals surface area contributed by atoms with Gasteiger partial charge in [-0.1, -0.05) is 13.8 Å². The Bertz CT molecular complexity index is 248. The number of hydrogen-bond donors (Lipinski definition) is 2. The Balaban J connectivity index is 0.00000289. The van der Waals surface area contributed by atoms with Crippen molar-refractivity contribution in [2.24, 2.45) is 5.92 Å². The highest BCUT2D eigenvalue weighted by Crippen LogP contribution is 2.09. The summed E-state index contributed by atoms with van der Waals surface area (Å²) >= 11 is 0. The molecule has 1 fully saturated rings. The van der Waals surface area contributed by atoms with Gasteiger partial charge in [0.05, 0.1) is 6.54 Å². The van der Waals surface area contributed by atoms with Gasteiger partial charge in [-0.3, -0.25) is 9.69 Å². The maximum Gasteiger partial charge on any atom is 0.234 e. The minimum absolute atomic E-state index is 0. The molecule has 1 heterocycles. The normalized spacial score (nSPS) is 22.4. The molecule has 1 aliphatic rings. The van der Waals surface area contributed by atoms with Gasteiger partial charge in [-0.25, -0.2) is 0 Å².